The average molecular weight is 278 g/mol. The largest absolute Gasteiger partial charge is 0.374 e. The summed E-state index contributed by atoms with van der Waals surface area (Å²) in [5.41, 5.74) is 9.63. The van der Waals surface area contributed by atoms with Gasteiger partial charge >= 0.3 is 0 Å². The Morgan fingerprint density at radius 1 is 1.05 bits per heavy atom. The molecule has 1 aliphatic rings. The van der Waals surface area contributed by atoms with Gasteiger partial charge in [0.25, 0.3) is 0 Å². The molecule has 1 atom stereocenters. The lowest BCUT2D eigenvalue weighted by molar-refractivity contribution is 0.159. The third kappa shape index (κ3) is 2.78. The van der Waals surface area contributed by atoms with Crippen LogP contribution in [0.5, 0.6) is 0 Å². The summed E-state index contributed by atoms with van der Waals surface area (Å²) in [5, 5.41) is 10.5. The van der Waals surface area contributed by atoms with Gasteiger partial charge in [0.05, 0.1) is 5.69 Å². The number of nitrogens with two attached hydrogens (primary N) is 1. The molecule has 3 rings (SSSR count). The highest BCUT2D eigenvalue weighted by atomic mass is 16.3. The van der Waals surface area contributed by atoms with E-state index < -0.39 is 6.23 Å². The van der Waals surface area contributed by atoms with Crippen molar-refractivity contribution in [3.63, 3.8) is 0 Å². The standard InChI is InChI=1S/C18H18N2O/c19-12-11-18(21)20-13-16-7-2-1-5-14(16)9-10-15-6-3-4-8-17(15)20/h1-8,18,21H,11-13,19H2. The average Bonchev–Trinajstić information content (AvgIpc) is 2.50. The Labute approximate surface area is 125 Å². The number of hydrogen-bond acceptors (Lipinski definition) is 3. The molecule has 1 unspecified atom stereocenters. The molecule has 106 valence electrons. The van der Waals surface area contributed by atoms with E-state index in [9.17, 15) is 5.11 Å². The highest BCUT2D eigenvalue weighted by molar-refractivity contribution is 5.64. The monoisotopic (exact) mass is 278 g/mol. The zero-order chi connectivity index (χ0) is 14.7. The molecule has 21 heavy (non-hydrogen) atoms. The molecule has 0 saturated carbocycles. The Kier molecular flexibility index (Phi) is 3.92. The quantitative estimate of drug-likeness (QED) is 0.845. The summed E-state index contributed by atoms with van der Waals surface area (Å²) < 4.78 is 0. The maximum Gasteiger partial charge on any atom is 0.128 e. The molecular formula is C18H18N2O. The third-order valence-electron chi connectivity index (χ3n) is 3.69. The number of nitrogens with zero attached hydrogens (tertiary/aromatic N) is 1. The first-order valence-corrected chi connectivity index (χ1v) is 7.13. The first-order chi connectivity index (χ1) is 10.3. The number of hydrogen-bond donors (Lipinski definition) is 2. The van der Waals surface area contributed by atoms with Crippen LogP contribution in [0.4, 0.5) is 5.69 Å². The lowest BCUT2D eigenvalue weighted by Crippen LogP contribution is -2.37. The maximum atomic E-state index is 10.5. The molecule has 3 N–H and O–H groups in total. The SMILES string of the molecule is NCCC(O)N1Cc2ccccc2C#Cc2ccccc21. The van der Waals surface area contributed by atoms with E-state index in [0.29, 0.717) is 19.5 Å². The smallest absolute Gasteiger partial charge is 0.128 e. The van der Waals surface area contributed by atoms with Gasteiger partial charge in [-0.15, -0.1) is 0 Å². The van der Waals surface area contributed by atoms with Crippen LogP contribution in [0.25, 0.3) is 0 Å². The number of anilines is 1. The van der Waals surface area contributed by atoms with E-state index in [0.717, 1.165) is 22.4 Å². The van der Waals surface area contributed by atoms with Crippen LogP contribution < -0.4 is 10.6 Å². The summed E-state index contributed by atoms with van der Waals surface area (Å²) in [6.45, 7) is 1.08. The van der Waals surface area contributed by atoms with Crippen LogP contribution in [-0.2, 0) is 6.54 Å². The number of aliphatic hydroxyl groups is 1. The van der Waals surface area contributed by atoms with Gasteiger partial charge in [0.15, 0.2) is 0 Å². The molecule has 0 fully saturated rings. The zero-order valence-electron chi connectivity index (χ0n) is 11.8. The van der Waals surface area contributed by atoms with Crippen molar-refractivity contribution in [2.24, 2.45) is 5.73 Å². The van der Waals surface area contributed by atoms with Gasteiger partial charge in [-0.1, -0.05) is 42.2 Å². The maximum absolute atomic E-state index is 10.5. The molecule has 0 aromatic heterocycles. The number of para-hydroxylation sites is 1. The molecule has 0 radical (unpaired) electrons. The molecule has 1 heterocycles. The summed E-state index contributed by atoms with van der Waals surface area (Å²) in [6.07, 6.45) is -0.0756. The molecule has 0 spiro atoms. The summed E-state index contributed by atoms with van der Waals surface area (Å²) >= 11 is 0. The van der Waals surface area contributed by atoms with Crippen LogP contribution in [0.2, 0.25) is 0 Å². The Bertz CT molecular complexity index is 700. The topological polar surface area (TPSA) is 49.5 Å². The molecule has 0 amide bonds. The Hall–Kier alpha value is -2.28. The van der Waals surface area contributed by atoms with Gasteiger partial charge in [0.2, 0.25) is 0 Å². The van der Waals surface area contributed by atoms with Gasteiger partial charge in [-0.25, -0.2) is 0 Å². The second-order valence-corrected chi connectivity index (χ2v) is 5.11. The second-order valence-electron chi connectivity index (χ2n) is 5.11. The summed E-state index contributed by atoms with van der Waals surface area (Å²) in [4.78, 5) is 1.98. The minimum Gasteiger partial charge on any atom is -0.374 e. The van der Waals surface area contributed by atoms with E-state index >= 15 is 0 Å². The van der Waals surface area contributed by atoms with Crippen molar-refractivity contribution in [3.05, 3.63) is 65.2 Å². The van der Waals surface area contributed by atoms with Gasteiger partial charge < -0.3 is 15.7 Å². The van der Waals surface area contributed by atoms with Gasteiger partial charge in [0, 0.05) is 24.1 Å². The van der Waals surface area contributed by atoms with Crippen molar-refractivity contribution in [2.45, 2.75) is 19.2 Å². The van der Waals surface area contributed by atoms with Crippen molar-refractivity contribution in [2.75, 3.05) is 11.4 Å². The van der Waals surface area contributed by atoms with E-state index in [1.165, 1.54) is 0 Å². The van der Waals surface area contributed by atoms with Crippen LogP contribution in [0.1, 0.15) is 23.1 Å². The molecule has 3 nitrogen and oxygen atoms in total. The first kappa shape index (κ1) is 13.7. The summed E-state index contributed by atoms with van der Waals surface area (Å²) in [5.74, 6) is 6.44. The molecule has 3 heteroatoms. The lowest BCUT2D eigenvalue weighted by Gasteiger charge is -2.32. The third-order valence-corrected chi connectivity index (χ3v) is 3.69. The number of rotatable bonds is 3. The normalized spacial score (nSPS) is 14.1. The van der Waals surface area contributed by atoms with E-state index in [1.54, 1.807) is 0 Å². The van der Waals surface area contributed by atoms with Crippen molar-refractivity contribution in [3.8, 4) is 11.8 Å². The minimum atomic E-state index is -0.607. The molecule has 2 aromatic rings. The number of fused-ring (bicyclic) bond motifs is 2. The molecule has 0 saturated heterocycles. The van der Waals surface area contributed by atoms with Gasteiger partial charge in [-0.3, -0.25) is 0 Å². The Morgan fingerprint density at radius 3 is 2.52 bits per heavy atom. The predicted octanol–water partition coefficient (Wildman–Crippen LogP) is 2.07. The second kappa shape index (κ2) is 6.01. The Morgan fingerprint density at radius 2 is 1.71 bits per heavy atom. The number of aliphatic hydroxyl groups excluding tert-OH is 1. The van der Waals surface area contributed by atoms with Gasteiger partial charge in [-0.2, -0.15) is 0 Å². The minimum absolute atomic E-state index is 0.452. The molecule has 1 aliphatic heterocycles. The van der Waals surface area contributed by atoms with E-state index in [2.05, 4.69) is 17.9 Å². The summed E-state index contributed by atoms with van der Waals surface area (Å²) in [6, 6.07) is 16.0. The molecule has 0 bridgehead atoms. The zero-order valence-corrected chi connectivity index (χ0v) is 11.8. The van der Waals surface area contributed by atoms with E-state index in [1.807, 2.05) is 47.4 Å². The highest BCUT2D eigenvalue weighted by Crippen LogP contribution is 2.27. The van der Waals surface area contributed by atoms with E-state index in [-0.39, 0.29) is 0 Å². The highest BCUT2D eigenvalue weighted by Gasteiger charge is 2.20. The van der Waals surface area contributed by atoms with Crippen molar-refractivity contribution >= 4 is 5.69 Å². The fraction of sp³-hybridized carbons (Fsp3) is 0.222. The van der Waals surface area contributed by atoms with Crippen LogP contribution in [0.3, 0.4) is 0 Å². The van der Waals surface area contributed by atoms with Crippen LogP contribution >= 0.6 is 0 Å². The molecule has 2 aromatic carbocycles. The van der Waals surface area contributed by atoms with Gasteiger partial charge in [0.1, 0.15) is 6.23 Å². The van der Waals surface area contributed by atoms with Crippen molar-refractivity contribution in [1.29, 1.82) is 0 Å². The van der Waals surface area contributed by atoms with Crippen LogP contribution in [0, 0.1) is 11.8 Å². The Balaban J connectivity index is 2.12. The van der Waals surface area contributed by atoms with Crippen molar-refractivity contribution in [1.82, 2.24) is 0 Å². The fourth-order valence-corrected chi connectivity index (χ4v) is 2.58. The predicted molar refractivity (Wildman–Crippen MR) is 84.7 cm³/mol. The van der Waals surface area contributed by atoms with E-state index in [4.69, 9.17) is 5.73 Å². The lowest BCUT2D eigenvalue weighted by atomic mass is 10.0. The molecule has 0 aliphatic carbocycles. The van der Waals surface area contributed by atoms with Gasteiger partial charge in [-0.05, 0) is 30.3 Å². The van der Waals surface area contributed by atoms with Crippen LogP contribution in [-0.4, -0.2) is 17.9 Å². The fourth-order valence-electron chi connectivity index (χ4n) is 2.58. The van der Waals surface area contributed by atoms with Crippen molar-refractivity contribution < 1.29 is 5.11 Å². The first-order valence-electron chi connectivity index (χ1n) is 7.13. The van der Waals surface area contributed by atoms with Crippen LogP contribution in [0.15, 0.2) is 48.5 Å². The number of benzene rings is 2. The summed E-state index contributed by atoms with van der Waals surface area (Å²) in [7, 11) is 0. The molecular weight excluding hydrogens is 260 g/mol.